The number of hydrogen-bond acceptors (Lipinski definition) is 4. The number of aromatic nitrogens is 1. The quantitative estimate of drug-likeness (QED) is 0.869. The van der Waals surface area contributed by atoms with E-state index in [-0.39, 0.29) is 0 Å². The first kappa shape index (κ1) is 10.5. The van der Waals surface area contributed by atoms with Crippen LogP contribution in [-0.2, 0) is 11.3 Å². The number of benzene rings is 1. The topological polar surface area (TPSA) is 42.4 Å². The Labute approximate surface area is 92.3 Å². The fourth-order valence-electron chi connectivity index (χ4n) is 1.43. The monoisotopic (exact) mass is 223 g/mol. The van der Waals surface area contributed by atoms with Gasteiger partial charge in [0.15, 0.2) is 0 Å². The minimum Gasteiger partial charge on any atom is -0.389 e. The number of nitrogens with zero attached hydrogens (tertiary/aromatic N) is 1. The van der Waals surface area contributed by atoms with E-state index >= 15 is 0 Å². The third-order valence-electron chi connectivity index (χ3n) is 2.21. The number of hydrogen-bond donors (Lipinski definition) is 1. The van der Waals surface area contributed by atoms with Crippen LogP contribution in [0.5, 0.6) is 0 Å². The van der Waals surface area contributed by atoms with Crippen LogP contribution in [0.15, 0.2) is 18.2 Å². The number of fused-ring (bicyclic) bond motifs is 1. The molecule has 15 heavy (non-hydrogen) atoms. The van der Waals surface area contributed by atoms with E-state index < -0.39 is 6.10 Å². The van der Waals surface area contributed by atoms with Crippen LogP contribution in [0.25, 0.3) is 10.2 Å². The number of aliphatic hydroxyl groups is 1. The highest BCUT2D eigenvalue weighted by atomic mass is 32.1. The van der Waals surface area contributed by atoms with Gasteiger partial charge in [-0.15, -0.1) is 11.3 Å². The van der Waals surface area contributed by atoms with Crippen molar-refractivity contribution in [2.45, 2.75) is 19.6 Å². The van der Waals surface area contributed by atoms with Crippen LogP contribution < -0.4 is 0 Å². The molecule has 1 heterocycles. The van der Waals surface area contributed by atoms with Gasteiger partial charge in [0.05, 0.1) is 22.9 Å². The summed E-state index contributed by atoms with van der Waals surface area (Å²) in [5, 5.41) is 10.4. The average Bonchev–Trinajstić information content (AvgIpc) is 2.59. The van der Waals surface area contributed by atoms with E-state index in [2.05, 4.69) is 4.98 Å². The lowest BCUT2D eigenvalue weighted by Crippen LogP contribution is -1.89. The van der Waals surface area contributed by atoms with E-state index in [4.69, 9.17) is 4.74 Å². The molecule has 2 aromatic rings. The lowest BCUT2D eigenvalue weighted by atomic mass is 10.1. The molecule has 3 nitrogen and oxygen atoms in total. The smallest absolute Gasteiger partial charge is 0.120 e. The van der Waals surface area contributed by atoms with Crippen molar-refractivity contribution in [2.75, 3.05) is 7.11 Å². The van der Waals surface area contributed by atoms with Crippen molar-refractivity contribution in [1.82, 2.24) is 4.98 Å². The van der Waals surface area contributed by atoms with Crippen LogP contribution in [0.2, 0.25) is 0 Å². The van der Waals surface area contributed by atoms with Crippen molar-refractivity contribution in [1.29, 1.82) is 0 Å². The van der Waals surface area contributed by atoms with Gasteiger partial charge in [0.25, 0.3) is 0 Å². The third-order valence-corrected chi connectivity index (χ3v) is 3.20. The number of ether oxygens (including phenoxy) is 1. The first-order valence-electron chi connectivity index (χ1n) is 4.77. The summed E-state index contributed by atoms with van der Waals surface area (Å²) in [6.07, 6.45) is -0.428. The molecule has 2 rings (SSSR count). The second-order valence-corrected chi connectivity index (χ2v) is 4.56. The molecule has 80 valence electrons. The average molecular weight is 223 g/mol. The summed E-state index contributed by atoms with van der Waals surface area (Å²) >= 11 is 1.61. The molecule has 0 aliphatic carbocycles. The fraction of sp³-hybridized carbons (Fsp3) is 0.364. The van der Waals surface area contributed by atoms with Crippen molar-refractivity contribution in [3.8, 4) is 0 Å². The highest BCUT2D eigenvalue weighted by molar-refractivity contribution is 7.18. The largest absolute Gasteiger partial charge is 0.389 e. The molecular weight excluding hydrogens is 210 g/mol. The normalized spacial score (nSPS) is 13.3. The van der Waals surface area contributed by atoms with Gasteiger partial charge in [-0.1, -0.05) is 6.07 Å². The van der Waals surface area contributed by atoms with Gasteiger partial charge in [-0.25, -0.2) is 4.98 Å². The standard InChI is InChI=1S/C11H13NO2S/c1-7(13)8-3-4-9-10(5-8)15-11(12-9)6-14-2/h3-5,7,13H,6H2,1-2H3. The zero-order chi connectivity index (χ0) is 10.8. The van der Waals surface area contributed by atoms with Gasteiger partial charge in [-0.2, -0.15) is 0 Å². The number of rotatable bonds is 3. The van der Waals surface area contributed by atoms with E-state index in [1.807, 2.05) is 18.2 Å². The summed E-state index contributed by atoms with van der Waals surface area (Å²) in [7, 11) is 1.66. The van der Waals surface area contributed by atoms with Crippen molar-refractivity contribution in [2.24, 2.45) is 0 Å². The molecule has 0 bridgehead atoms. The predicted octanol–water partition coefficient (Wildman–Crippen LogP) is 2.50. The molecule has 1 unspecified atom stereocenters. The van der Waals surface area contributed by atoms with Crippen LogP contribution in [-0.4, -0.2) is 17.2 Å². The Balaban J connectivity index is 2.43. The molecule has 0 fully saturated rings. The van der Waals surface area contributed by atoms with Crippen molar-refractivity contribution < 1.29 is 9.84 Å². The second kappa shape index (κ2) is 4.26. The minimum atomic E-state index is -0.428. The number of aliphatic hydroxyl groups excluding tert-OH is 1. The van der Waals surface area contributed by atoms with Gasteiger partial charge < -0.3 is 9.84 Å². The van der Waals surface area contributed by atoms with Gasteiger partial charge in [0.1, 0.15) is 5.01 Å². The maximum absolute atomic E-state index is 9.45. The van der Waals surface area contributed by atoms with E-state index in [9.17, 15) is 5.11 Å². The molecule has 0 saturated heterocycles. The van der Waals surface area contributed by atoms with Crippen LogP contribution in [0, 0.1) is 0 Å². The Bertz CT molecular complexity index is 465. The molecule has 0 saturated carbocycles. The first-order chi connectivity index (χ1) is 7.20. The van der Waals surface area contributed by atoms with Gasteiger partial charge in [0.2, 0.25) is 0 Å². The fourth-order valence-corrected chi connectivity index (χ4v) is 2.42. The van der Waals surface area contributed by atoms with Crippen LogP contribution in [0.3, 0.4) is 0 Å². The molecule has 1 aromatic carbocycles. The molecule has 0 spiro atoms. The molecule has 0 aliphatic rings. The first-order valence-corrected chi connectivity index (χ1v) is 5.58. The maximum Gasteiger partial charge on any atom is 0.120 e. The lowest BCUT2D eigenvalue weighted by Gasteiger charge is -2.02. The summed E-state index contributed by atoms with van der Waals surface area (Å²) in [5.74, 6) is 0. The Hall–Kier alpha value is -0.970. The summed E-state index contributed by atoms with van der Waals surface area (Å²) < 4.78 is 6.13. The zero-order valence-corrected chi connectivity index (χ0v) is 9.54. The molecular formula is C11H13NO2S. The summed E-state index contributed by atoms with van der Waals surface area (Å²) in [6.45, 7) is 2.31. The Morgan fingerprint density at radius 2 is 2.33 bits per heavy atom. The van der Waals surface area contributed by atoms with E-state index in [1.165, 1.54) is 0 Å². The molecule has 0 aliphatic heterocycles. The van der Waals surface area contributed by atoms with E-state index in [0.717, 1.165) is 20.8 Å². The summed E-state index contributed by atoms with van der Waals surface area (Å²) in [6, 6.07) is 5.83. The van der Waals surface area contributed by atoms with Crippen LogP contribution >= 0.6 is 11.3 Å². The Morgan fingerprint density at radius 3 is 3.00 bits per heavy atom. The van der Waals surface area contributed by atoms with Gasteiger partial charge >= 0.3 is 0 Å². The highest BCUT2D eigenvalue weighted by Gasteiger charge is 2.06. The van der Waals surface area contributed by atoms with Crippen molar-refractivity contribution in [3.05, 3.63) is 28.8 Å². The Morgan fingerprint density at radius 1 is 1.53 bits per heavy atom. The SMILES string of the molecule is COCc1nc2ccc(C(C)O)cc2s1. The molecule has 1 N–H and O–H groups in total. The third kappa shape index (κ3) is 2.17. The molecule has 4 heteroatoms. The maximum atomic E-state index is 9.45. The van der Waals surface area contributed by atoms with Crippen LogP contribution in [0.4, 0.5) is 0 Å². The molecule has 1 aromatic heterocycles. The number of methoxy groups -OCH3 is 1. The Kier molecular flexibility index (Phi) is 3.00. The number of thiazole rings is 1. The molecule has 1 atom stereocenters. The summed E-state index contributed by atoms with van der Waals surface area (Å²) in [5.41, 5.74) is 1.89. The minimum absolute atomic E-state index is 0.428. The van der Waals surface area contributed by atoms with E-state index in [0.29, 0.717) is 6.61 Å². The van der Waals surface area contributed by atoms with Crippen molar-refractivity contribution in [3.63, 3.8) is 0 Å². The van der Waals surface area contributed by atoms with Gasteiger partial charge in [0, 0.05) is 7.11 Å². The van der Waals surface area contributed by atoms with Crippen molar-refractivity contribution >= 4 is 21.6 Å². The highest BCUT2D eigenvalue weighted by Crippen LogP contribution is 2.25. The second-order valence-electron chi connectivity index (χ2n) is 3.44. The lowest BCUT2D eigenvalue weighted by molar-refractivity contribution is 0.184. The molecule has 0 radical (unpaired) electrons. The zero-order valence-electron chi connectivity index (χ0n) is 8.73. The van der Waals surface area contributed by atoms with E-state index in [1.54, 1.807) is 25.4 Å². The van der Waals surface area contributed by atoms with Gasteiger partial charge in [-0.05, 0) is 24.6 Å². The predicted molar refractivity (Wildman–Crippen MR) is 61.0 cm³/mol. The van der Waals surface area contributed by atoms with Crippen LogP contribution in [0.1, 0.15) is 23.6 Å². The molecule has 0 amide bonds. The van der Waals surface area contributed by atoms with Gasteiger partial charge in [-0.3, -0.25) is 0 Å². The summed E-state index contributed by atoms with van der Waals surface area (Å²) in [4.78, 5) is 4.41.